The van der Waals surface area contributed by atoms with Crippen molar-refractivity contribution in [2.24, 2.45) is 0 Å². The predicted octanol–water partition coefficient (Wildman–Crippen LogP) is 2.61. The van der Waals surface area contributed by atoms with Gasteiger partial charge >= 0.3 is 0 Å². The fourth-order valence-corrected chi connectivity index (χ4v) is 4.43. The van der Waals surface area contributed by atoms with E-state index in [2.05, 4.69) is 24.1 Å². The molecule has 1 N–H and O–H groups in total. The summed E-state index contributed by atoms with van der Waals surface area (Å²) in [6.07, 6.45) is 5.48. The molecule has 1 aromatic rings. The molecule has 0 saturated carbocycles. The van der Waals surface area contributed by atoms with E-state index in [0.29, 0.717) is 24.3 Å². The summed E-state index contributed by atoms with van der Waals surface area (Å²) in [5.74, 6) is 0. The molecule has 3 rings (SSSR count). The standard InChI is InChI=1S/C15H24N2O2S/c1-9(16-12-8-11-4-5-13(12)19-11)15-10(2)17-14(20-15)6-7-18-3/h9,11-13,16H,4-8H2,1-3H3/t9-,11-,12-,13-/m1/s1. The van der Waals surface area contributed by atoms with Crippen molar-refractivity contribution in [2.75, 3.05) is 13.7 Å². The lowest BCUT2D eigenvalue weighted by atomic mass is 9.95. The number of ether oxygens (including phenoxy) is 2. The average molecular weight is 296 g/mol. The maximum Gasteiger partial charge on any atom is 0.0954 e. The van der Waals surface area contributed by atoms with Crippen molar-refractivity contribution in [3.8, 4) is 0 Å². The number of hydrogen-bond donors (Lipinski definition) is 1. The van der Waals surface area contributed by atoms with Crippen LogP contribution < -0.4 is 5.32 Å². The van der Waals surface area contributed by atoms with E-state index in [-0.39, 0.29) is 0 Å². The molecule has 2 saturated heterocycles. The second kappa shape index (κ2) is 6.10. The molecule has 3 heterocycles. The first kappa shape index (κ1) is 14.4. The molecule has 1 aromatic heterocycles. The monoisotopic (exact) mass is 296 g/mol. The molecule has 2 aliphatic rings. The van der Waals surface area contributed by atoms with E-state index in [9.17, 15) is 0 Å². The van der Waals surface area contributed by atoms with Gasteiger partial charge in [-0.1, -0.05) is 0 Å². The second-order valence-electron chi connectivity index (χ2n) is 5.90. The highest BCUT2D eigenvalue weighted by Gasteiger charge is 2.41. The SMILES string of the molecule is COCCc1nc(C)c([C@@H](C)N[C@@H]2C[C@H]3CC[C@H]2O3)s1. The van der Waals surface area contributed by atoms with E-state index in [1.165, 1.54) is 29.1 Å². The summed E-state index contributed by atoms with van der Waals surface area (Å²) in [5.41, 5.74) is 1.16. The quantitative estimate of drug-likeness (QED) is 0.876. The van der Waals surface area contributed by atoms with Gasteiger partial charge in [-0.3, -0.25) is 0 Å². The van der Waals surface area contributed by atoms with Crippen LogP contribution in [0, 0.1) is 6.92 Å². The van der Waals surface area contributed by atoms with Gasteiger partial charge in [-0.05, 0) is 33.1 Å². The lowest BCUT2D eigenvalue weighted by molar-refractivity contribution is 0.0963. The number of rotatable bonds is 6. The van der Waals surface area contributed by atoms with Gasteiger partial charge < -0.3 is 14.8 Å². The summed E-state index contributed by atoms with van der Waals surface area (Å²) in [4.78, 5) is 6.02. The van der Waals surface area contributed by atoms with E-state index in [1.54, 1.807) is 7.11 Å². The molecule has 0 aromatic carbocycles. The second-order valence-corrected chi connectivity index (χ2v) is 7.02. The van der Waals surface area contributed by atoms with Crippen molar-refractivity contribution in [3.63, 3.8) is 0 Å². The van der Waals surface area contributed by atoms with Crippen LogP contribution >= 0.6 is 11.3 Å². The van der Waals surface area contributed by atoms with Crippen LogP contribution in [0.1, 0.15) is 47.8 Å². The van der Waals surface area contributed by atoms with E-state index in [4.69, 9.17) is 9.47 Å². The largest absolute Gasteiger partial charge is 0.384 e. The predicted molar refractivity (Wildman–Crippen MR) is 80.3 cm³/mol. The fourth-order valence-electron chi connectivity index (χ4n) is 3.37. The van der Waals surface area contributed by atoms with Gasteiger partial charge in [0.2, 0.25) is 0 Å². The Bertz CT molecular complexity index is 463. The van der Waals surface area contributed by atoms with Crippen LogP contribution in [0.2, 0.25) is 0 Å². The van der Waals surface area contributed by atoms with Gasteiger partial charge in [0.15, 0.2) is 0 Å². The molecule has 0 aliphatic carbocycles. The molecule has 112 valence electrons. The van der Waals surface area contributed by atoms with Crippen LogP contribution in [0.25, 0.3) is 0 Å². The molecule has 0 radical (unpaired) electrons. The average Bonchev–Trinajstić information content (AvgIpc) is 3.11. The van der Waals surface area contributed by atoms with Crippen LogP contribution in [0.3, 0.4) is 0 Å². The van der Waals surface area contributed by atoms with Gasteiger partial charge in [0.25, 0.3) is 0 Å². The van der Waals surface area contributed by atoms with Gasteiger partial charge in [0.1, 0.15) is 0 Å². The Morgan fingerprint density at radius 3 is 3.00 bits per heavy atom. The van der Waals surface area contributed by atoms with E-state index >= 15 is 0 Å². The minimum absolute atomic E-state index is 0.358. The molecule has 4 nitrogen and oxygen atoms in total. The number of nitrogens with zero attached hydrogens (tertiary/aromatic N) is 1. The smallest absolute Gasteiger partial charge is 0.0954 e. The Hall–Kier alpha value is -0.490. The van der Waals surface area contributed by atoms with Crippen molar-refractivity contribution in [1.29, 1.82) is 0 Å². The van der Waals surface area contributed by atoms with Crippen molar-refractivity contribution < 1.29 is 9.47 Å². The summed E-state index contributed by atoms with van der Waals surface area (Å²) in [7, 11) is 1.74. The maximum absolute atomic E-state index is 5.92. The van der Waals surface area contributed by atoms with Crippen molar-refractivity contribution >= 4 is 11.3 Å². The van der Waals surface area contributed by atoms with Crippen LogP contribution in [-0.2, 0) is 15.9 Å². The molecule has 2 aliphatic heterocycles. The van der Waals surface area contributed by atoms with Crippen LogP contribution in [0.15, 0.2) is 0 Å². The van der Waals surface area contributed by atoms with Crippen molar-refractivity contribution in [2.45, 2.75) is 63.8 Å². The van der Waals surface area contributed by atoms with E-state index in [0.717, 1.165) is 18.7 Å². The molecule has 20 heavy (non-hydrogen) atoms. The first-order valence-corrected chi connectivity index (χ1v) is 8.35. The molecule has 5 heteroatoms. The zero-order valence-corrected chi connectivity index (χ0v) is 13.3. The minimum Gasteiger partial charge on any atom is -0.384 e. The normalized spacial score (nSPS) is 30.1. The number of fused-ring (bicyclic) bond motifs is 2. The zero-order valence-electron chi connectivity index (χ0n) is 12.5. The molecule has 2 bridgehead atoms. The summed E-state index contributed by atoms with van der Waals surface area (Å²) in [6.45, 7) is 5.10. The highest BCUT2D eigenvalue weighted by atomic mass is 32.1. The van der Waals surface area contributed by atoms with Crippen molar-refractivity contribution in [1.82, 2.24) is 10.3 Å². The number of methoxy groups -OCH3 is 1. The fraction of sp³-hybridized carbons (Fsp3) is 0.800. The van der Waals surface area contributed by atoms with Crippen LogP contribution in [-0.4, -0.2) is 37.0 Å². The molecule has 2 fully saturated rings. The lowest BCUT2D eigenvalue weighted by Gasteiger charge is -2.24. The summed E-state index contributed by atoms with van der Waals surface area (Å²) < 4.78 is 11.0. The lowest BCUT2D eigenvalue weighted by Crippen LogP contribution is -2.38. The highest BCUT2D eigenvalue weighted by Crippen LogP contribution is 2.36. The van der Waals surface area contributed by atoms with Crippen LogP contribution in [0.4, 0.5) is 0 Å². The molecular weight excluding hydrogens is 272 g/mol. The first-order chi connectivity index (χ1) is 9.67. The maximum atomic E-state index is 5.92. The number of thiazole rings is 1. The molecule has 0 unspecified atom stereocenters. The number of aromatic nitrogens is 1. The van der Waals surface area contributed by atoms with Gasteiger partial charge in [-0.15, -0.1) is 11.3 Å². The Morgan fingerprint density at radius 2 is 2.35 bits per heavy atom. The van der Waals surface area contributed by atoms with Gasteiger partial charge in [0.05, 0.1) is 29.5 Å². The molecule has 4 atom stereocenters. The van der Waals surface area contributed by atoms with Gasteiger partial charge in [-0.25, -0.2) is 4.98 Å². The highest BCUT2D eigenvalue weighted by molar-refractivity contribution is 7.11. The third-order valence-corrected chi connectivity index (χ3v) is 5.76. The molecule has 0 spiro atoms. The van der Waals surface area contributed by atoms with Crippen LogP contribution in [0.5, 0.6) is 0 Å². The van der Waals surface area contributed by atoms with E-state index in [1.807, 2.05) is 11.3 Å². The topological polar surface area (TPSA) is 43.4 Å². The Labute approximate surface area is 124 Å². The Kier molecular flexibility index (Phi) is 4.40. The van der Waals surface area contributed by atoms with Gasteiger partial charge in [0, 0.05) is 30.5 Å². The summed E-state index contributed by atoms with van der Waals surface area (Å²) in [6, 6.07) is 0.879. The third kappa shape index (κ3) is 2.91. The first-order valence-electron chi connectivity index (χ1n) is 7.54. The molecule has 0 amide bonds. The summed E-state index contributed by atoms with van der Waals surface area (Å²) in [5, 5.41) is 4.93. The third-order valence-electron chi connectivity index (χ3n) is 4.36. The van der Waals surface area contributed by atoms with Crippen molar-refractivity contribution in [3.05, 3.63) is 15.6 Å². The van der Waals surface area contributed by atoms with E-state index < -0.39 is 0 Å². The zero-order chi connectivity index (χ0) is 14.1. The Morgan fingerprint density at radius 1 is 1.50 bits per heavy atom. The van der Waals surface area contributed by atoms with Gasteiger partial charge in [-0.2, -0.15) is 0 Å². The number of aryl methyl sites for hydroxylation is 1. The minimum atomic E-state index is 0.358. The Balaban J connectivity index is 1.61. The number of hydrogen-bond acceptors (Lipinski definition) is 5. The molecular formula is C15H24N2O2S. The summed E-state index contributed by atoms with van der Waals surface area (Å²) >= 11 is 1.82. The number of nitrogens with one attached hydrogen (secondary N) is 1.